The Morgan fingerprint density at radius 2 is 1.90 bits per heavy atom. The van der Waals surface area contributed by atoms with Gasteiger partial charge in [-0.15, -0.1) is 0 Å². The summed E-state index contributed by atoms with van der Waals surface area (Å²) in [5.74, 6) is 3.31. The van der Waals surface area contributed by atoms with Gasteiger partial charge in [-0.3, -0.25) is 10.2 Å². The van der Waals surface area contributed by atoms with Gasteiger partial charge in [0.05, 0.1) is 0 Å². The molecule has 20 heavy (non-hydrogen) atoms. The number of hydrogen-bond acceptors (Lipinski definition) is 5. The molecule has 0 aliphatic carbocycles. The zero-order chi connectivity index (χ0) is 15.6. The fourth-order valence-electron chi connectivity index (χ4n) is 1.10. The quantitative estimate of drug-likeness (QED) is 0.378. The molecule has 0 radical (unpaired) electrons. The standard InChI is InChI=1S/C8H7F6N3O3/c9-7(10,11)6(8(12,13)14)19-2-3-1-4(17-20-3)5(18)16-15/h1,6H,2,15H2,(H,16,18). The summed E-state index contributed by atoms with van der Waals surface area (Å²) in [6, 6.07) is 0.798. The van der Waals surface area contributed by atoms with Gasteiger partial charge in [0.15, 0.2) is 11.5 Å². The van der Waals surface area contributed by atoms with E-state index in [4.69, 9.17) is 5.84 Å². The van der Waals surface area contributed by atoms with Gasteiger partial charge in [-0.25, -0.2) is 5.84 Å². The average Bonchev–Trinajstić information content (AvgIpc) is 2.73. The van der Waals surface area contributed by atoms with E-state index in [0.717, 1.165) is 6.07 Å². The Bertz CT molecular complexity index is 455. The molecule has 0 aromatic carbocycles. The van der Waals surface area contributed by atoms with Gasteiger partial charge >= 0.3 is 12.4 Å². The van der Waals surface area contributed by atoms with Gasteiger partial charge in [0.25, 0.3) is 5.91 Å². The van der Waals surface area contributed by atoms with Crippen LogP contribution < -0.4 is 11.3 Å². The second-order valence-corrected chi connectivity index (χ2v) is 3.43. The first kappa shape index (κ1) is 16.2. The van der Waals surface area contributed by atoms with E-state index in [2.05, 4.69) is 14.4 Å². The van der Waals surface area contributed by atoms with E-state index in [1.807, 2.05) is 0 Å². The molecule has 1 aromatic rings. The predicted molar refractivity (Wildman–Crippen MR) is 48.8 cm³/mol. The molecular weight excluding hydrogens is 300 g/mol. The number of nitrogens with one attached hydrogen (secondary N) is 1. The van der Waals surface area contributed by atoms with Crippen LogP contribution in [0.3, 0.4) is 0 Å². The highest BCUT2D eigenvalue weighted by atomic mass is 19.4. The van der Waals surface area contributed by atoms with Crippen LogP contribution >= 0.6 is 0 Å². The van der Waals surface area contributed by atoms with Crippen molar-refractivity contribution in [1.29, 1.82) is 0 Å². The SMILES string of the molecule is NNC(=O)c1cc(COC(C(F)(F)F)C(F)(F)F)on1. The van der Waals surface area contributed by atoms with E-state index >= 15 is 0 Å². The van der Waals surface area contributed by atoms with E-state index in [9.17, 15) is 31.1 Å². The Kier molecular flexibility index (Phi) is 4.60. The van der Waals surface area contributed by atoms with E-state index in [1.54, 1.807) is 5.43 Å². The van der Waals surface area contributed by atoms with Gasteiger partial charge in [-0.2, -0.15) is 26.3 Å². The number of alkyl halides is 6. The Labute approximate surface area is 106 Å². The maximum absolute atomic E-state index is 12.1. The number of nitrogens with zero attached hydrogens (tertiary/aromatic N) is 1. The van der Waals surface area contributed by atoms with E-state index in [-0.39, 0.29) is 0 Å². The van der Waals surface area contributed by atoms with Gasteiger partial charge in [0.2, 0.25) is 6.10 Å². The summed E-state index contributed by atoms with van der Waals surface area (Å²) in [6.07, 6.45) is -15.2. The molecule has 1 rings (SSSR count). The number of halogens is 6. The summed E-state index contributed by atoms with van der Waals surface area (Å²) in [5, 5.41) is 3.08. The largest absolute Gasteiger partial charge is 0.423 e. The number of nitrogen functional groups attached to an aromatic ring is 1. The van der Waals surface area contributed by atoms with Crippen LogP contribution in [-0.2, 0) is 11.3 Å². The van der Waals surface area contributed by atoms with Crippen molar-refractivity contribution < 1.29 is 40.4 Å². The maximum Gasteiger partial charge on any atom is 0.423 e. The first-order chi connectivity index (χ1) is 9.05. The zero-order valence-electron chi connectivity index (χ0n) is 9.38. The van der Waals surface area contributed by atoms with Crippen LogP contribution in [0.15, 0.2) is 10.6 Å². The van der Waals surface area contributed by atoms with E-state index in [1.165, 1.54) is 0 Å². The topological polar surface area (TPSA) is 90.4 Å². The van der Waals surface area contributed by atoms with Gasteiger partial charge < -0.3 is 9.26 Å². The number of rotatable bonds is 4. The Balaban J connectivity index is 2.74. The molecule has 0 aliphatic heterocycles. The van der Waals surface area contributed by atoms with Crippen LogP contribution in [0.25, 0.3) is 0 Å². The second kappa shape index (κ2) is 5.66. The van der Waals surface area contributed by atoms with Crippen molar-refractivity contribution in [2.75, 3.05) is 0 Å². The monoisotopic (exact) mass is 307 g/mol. The molecule has 0 aliphatic rings. The second-order valence-electron chi connectivity index (χ2n) is 3.43. The molecule has 1 amide bonds. The smallest absolute Gasteiger partial charge is 0.358 e. The van der Waals surface area contributed by atoms with Crippen LogP contribution in [0.1, 0.15) is 16.2 Å². The summed E-state index contributed by atoms with van der Waals surface area (Å²) >= 11 is 0. The number of aromatic nitrogens is 1. The molecule has 0 fully saturated rings. The van der Waals surface area contributed by atoms with Gasteiger partial charge in [-0.1, -0.05) is 5.16 Å². The van der Waals surface area contributed by atoms with Crippen molar-refractivity contribution >= 4 is 5.91 Å². The lowest BCUT2D eigenvalue weighted by Crippen LogP contribution is -2.44. The number of amides is 1. The maximum atomic E-state index is 12.1. The van der Waals surface area contributed by atoms with Gasteiger partial charge in [0, 0.05) is 6.07 Å². The van der Waals surface area contributed by atoms with E-state index < -0.39 is 42.4 Å². The van der Waals surface area contributed by atoms with Crippen LogP contribution in [-0.4, -0.2) is 29.5 Å². The van der Waals surface area contributed by atoms with Crippen molar-refractivity contribution in [1.82, 2.24) is 10.6 Å². The number of carbonyl (C=O) groups excluding carboxylic acids is 1. The van der Waals surface area contributed by atoms with Crippen molar-refractivity contribution in [2.45, 2.75) is 25.1 Å². The molecule has 114 valence electrons. The molecule has 1 aromatic heterocycles. The lowest BCUT2D eigenvalue weighted by molar-refractivity contribution is -0.325. The zero-order valence-corrected chi connectivity index (χ0v) is 9.38. The molecule has 0 saturated heterocycles. The minimum absolute atomic E-state index is 0.415. The molecule has 12 heteroatoms. The van der Waals surface area contributed by atoms with Crippen LogP contribution in [0, 0.1) is 0 Å². The Morgan fingerprint density at radius 1 is 1.35 bits per heavy atom. The molecule has 6 nitrogen and oxygen atoms in total. The summed E-state index contributed by atoms with van der Waals surface area (Å²) in [4.78, 5) is 10.9. The lowest BCUT2D eigenvalue weighted by atomic mass is 10.3. The average molecular weight is 307 g/mol. The molecule has 0 bridgehead atoms. The normalized spacial score (nSPS) is 12.8. The Morgan fingerprint density at radius 3 is 2.35 bits per heavy atom. The van der Waals surface area contributed by atoms with Crippen molar-refractivity contribution in [3.8, 4) is 0 Å². The van der Waals surface area contributed by atoms with Crippen LogP contribution in [0.4, 0.5) is 26.3 Å². The number of hydrazine groups is 1. The Hall–Kier alpha value is -1.82. The first-order valence-corrected chi connectivity index (χ1v) is 4.77. The molecule has 3 N–H and O–H groups in total. The van der Waals surface area contributed by atoms with Crippen molar-refractivity contribution in [2.24, 2.45) is 5.84 Å². The van der Waals surface area contributed by atoms with Crippen molar-refractivity contribution in [3.63, 3.8) is 0 Å². The first-order valence-electron chi connectivity index (χ1n) is 4.77. The van der Waals surface area contributed by atoms with Crippen molar-refractivity contribution in [3.05, 3.63) is 17.5 Å². The van der Waals surface area contributed by atoms with Crippen LogP contribution in [0.5, 0.6) is 0 Å². The third-order valence-electron chi connectivity index (χ3n) is 1.91. The summed E-state index contributed by atoms with van der Waals surface area (Å²) in [6.45, 7) is -1.17. The molecule has 1 heterocycles. The molecule has 0 unspecified atom stereocenters. The third kappa shape index (κ3) is 4.09. The fraction of sp³-hybridized carbons (Fsp3) is 0.500. The highest BCUT2D eigenvalue weighted by molar-refractivity contribution is 5.91. The van der Waals surface area contributed by atoms with Gasteiger partial charge in [-0.05, 0) is 0 Å². The predicted octanol–water partition coefficient (Wildman–Crippen LogP) is 1.29. The molecule has 0 saturated carbocycles. The number of carbonyl (C=O) groups is 1. The number of hydrogen-bond donors (Lipinski definition) is 2. The fourth-order valence-corrected chi connectivity index (χ4v) is 1.10. The highest BCUT2D eigenvalue weighted by Crippen LogP contribution is 2.36. The molecular formula is C8H7F6N3O3. The summed E-state index contributed by atoms with van der Waals surface area (Å²) in [5.41, 5.74) is 1.23. The lowest BCUT2D eigenvalue weighted by Gasteiger charge is -2.22. The highest BCUT2D eigenvalue weighted by Gasteiger charge is 2.58. The third-order valence-corrected chi connectivity index (χ3v) is 1.91. The minimum Gasteiger partial charge on any atom is -0.358 e. The number of ether oxygens (including phenoxy) is 1. The van der Waals surface area contributed by atoms with Crippen LogP contribution in [0.2, 0.25) is 0 Å². The summed E-state index contributed by atoms with van der Waals surface area (Å²) in [7, 11) is 0. The van der Waals surface area contributed by atoms with Gasteiger partial charge in [0.1, 0.15) is 6.61 Å². The molecule has 0 spiro atoms. The number of nitrogens with two attached hydrogens (primary N) is 1. The minimum atomic E-state index is -5.63. The summed E-state index contributed by atoms with van der Waals surface area (Å²) < 4.78 is 80.9. The molecule has 0 atom stereocenters. The van der Waals surface area contributed by atoms with E-state index in [0.29, 0.717) is 0 Å².